The predicted octanol–water partition coefficient (Wildman–Crippen LogP) is 4.88. The maximum absolute atomic E-state index is 13.2. The van der Waals surface area contributed by atoms with Crippen LogP contribution in [0, 0.1) is 6.92 Å². The molecule has 1 amide bonds. The van der Waals surface area contributed by atoms with Crippen molar-refractivity contribution >= 4 is 17.4 Å². The average Bonchev–Trinajstić information content (AvgIpc) is 3.47. The molecule has 0 spiro atoms. The van der Waals surface area contributed by atoms with E-state index in [1.807, 2.05) is 48.0 Å². The molecule has 35 heavy (non-hydrogen) atoms. The molecule has 2 heterocycles. The zero-order valence-corrected chi connectivity index (χ0v) is 20.2. The van der Waals surface area contributed by atoms with E-state index in [0.29, 0.717) is 37.4 Å². The molecule has 182 valence electrons. The lowest BCUT2D eigenvalue weighted by atomic mass is 9.94. The molecule has 4 rings (SSSR count). The first-order valence-corrected chi connectivity index (χ1v) is 12.0. The molecule has 0 aliphatic carbocycles. The molecule has 1 unspecified atom stereocenters. The number of amides is 1. The van der Waals surface area contributed by atoms with Crippen LogP contribution in [0.3, 0.4) is 0 Å². The molecule has 0 saturated carbocycles. The van der Waals surface area contributed by atoms with E-state index in [-0.39, 0.29) is 11.3 Å². The number of aliphatic hydroxyl groups is 1. The Bertz CT molecular complexity index is 1200. The van der Waals surface area contributed by atoms with E-state index in [0.717, 1.165) is 24.0 Å². The van der Waals surface area contributed by atoms with Gasteiger partial charge < -0.3 is 19.3 Å². The summed E-state index contributed by atoms with van der Waals surface area (Å²) in [6, 6.07) is 14.1. The van der Waals surface area contributed by atoms with Crippen molar-refractivity contribution in [3.8, 4) is 5.75 Å². The molecule has 1 saturated heterocycles. The van der Waals surface area contributed by atoms with Gasteiger partial charge in [-0.2, -0.15) is 0 Å². The van der Waals surface area contributed by atoms with E-state index in [1.165, 1.54) is 0 Å². The molecule has 1 aliphatic rings. The number of Topliss-reactive ketones (excluding diaryl/α,β-unsaturated/α-hetero) is 1. The number of hydrogen-bond acceptors (Lipinski definition) is 5. The summed E-state index contributed by atoms with van der Waals surface area (Å²) in [6.07, 6.45) is 7.88. The zero-order valence-electron chi connectivity index (χ0n) is 20.2. The largest absolute Gasteiger partial charge is 0.507 e. The summed E-state index contributed by atoms with van der Waals surface area (Å²) in [7, 11) is 0. The van der Waals surface area contributed by atoms with Crippen LogP contribution in [0.5, 0.6) is 5.75 Å². The zero-order chi connectivity index (χ0) is 24.8. The number of ketones is 1. The monoisotopic (exact) mass is 473 g/mol. The molecule has 2 aromatic carbocycles. The fraction of sp³-hybridized carbons (Fsp3) is 0.321. The number of hydrogen-bond donors (Lipinski definition) is 1. The number of carbonyl (C=O) groups is 2. The molecule has 1 aliphatic heterocycles. The third kappa shape index (κ3) is 5.45. The van der Waals surface area contributed by atoms with Crippen molar-refractivity contribution in [1.29, 1.82) is 0 Å². The maximum atomic E-state index is 13.2. The smallest absolute Gasteiger partial charge is 0.295 e. The number of nitrogens with zero attached hydrogens (tertiary/aromatic N) is 3. The molecule has 7 heteroatoms. The van der Waals surface area contributed by atoms with Gasteiger partial charge in [0.2, 0.25) is 0 Å². The van der Waals surface area contributed by atoms with Crippen LogP contribution in [0.1, 0.15) is 48.9 Å². The van der Waals surface area contributed by atoms with E-state index in [2.05, 4.69) is 11.9 Å². The quantitative estimate of drug-likeness (QED) is 0.196. The van der Waals surface area contributed by atoms with Crippen molar-refractivity contribution in [2.45, 2.75) is 45.7 Å². The molecular weight excluding hydrogens is 442 g/mol. The van der Waals surface area contributed by atoms with Gasteiger partial charge >= 0.3 is 0 Å². The van der Waals surface area contributed by atoms with E-state index in [9.17, 15) is 14.7 Å². The molecule has 7 nitrogen and oxygen atoms in total. The minimum Gasteiger partial charge on any atom is -0.507 e. The van der Waals surface area contributed by atoms with Gasteiger partial charge in [0.25, 0.3) is 11.7 Å². The lowest BCUT2D eigenvalue weighted by molar-refractivity contribution is -0.139. The third-order valence-electron chi connectivity index (χ3n) is 6.18. The number of imidazole rings is 1. The third-order valence-corrected chi connectivity index (χ3v) is 6.18. The summed E-state index contributed by atoms with van der Waals surface area (Å²) in [4.78, 5) is 32.0. The summed E-state index contributed by atoms with van der Waals surface area (Å²) in [5, 5.41) is 11.3. The molecule has 3 aromatic rings. The topological polar surface area (TPSA) is 84.7 Å². The first-order chi connectivity index (χ1) is 17.0. The number of ether oxygens (including phenoxy) is 1. The van der Waals surface area contributed by atoms with Gasteiger partial charge in [-0.05, 0) is 37.5 Å². The molecule has 1 fully saturated rings. The summed E-state index contributed by atoms with van der Waals surface area (Å²) in [5.74, 6) is -0.845. The normalized spacial score (nSPS) is 17.2. The summed E-state index contributed by atoms with van der Waals surface area (Å²) in [6.45, 7) is 5.69. The van der Waals surface area contributed by atoms with Crippen LogP contribution in [0.15, 0.2) is 72.8 Å². The average molecular weight is 474 g/mol. The second-order valence-corrected chi connectivity index (χ2v) is 8.79. The van der Waals surface area contributed by atoms with Crippen LogP contribution < -0.4 is 4.74 Å². The Morgan fingerprint density at radius 2 is 1.89 bits per heavy atom. The van der Waals surface area contributed by atoms with Crippen molar-refractivity contribution in [2.75, 3.05) is 13.2 Å². The van der Waals surface area contributed by atoms with Crippen LogP contribution >= 0.6 is 0 Å². The summed E-state index contributed by atoms with van der Waals surface area (Å²) < 4.78 is 7.71. The number of aromatic nitrogens is 2. The van der Waals surface area contributed by atoms with Gasteiger partial charge in [-0.15, -0.1) is 0 Å². The number of unbranched alkanes of at least 4 members (excludes halogenated alkanes) is 1. The van der Waals surface area contributed by atoms with Crippen LogP contribution in [-0.2, 0) is 16.1 Å². The Hall–Kier alpha value is -3.87. The number of aliphatic hydroxyl groups excluding tert-OH is 1. The van der Waals surface area contributed by atoms with Crippen molar-refractivity contribution in [3.05, 3.63) is 89.5 Å². The Kier molecular flexibility index (Phi) is 7.65. The lowest BCUT2D eigenvalue weighted by Gasteiger charge is -2.25. The number of rotatable bonds is 10. The van der Waals surface area contributed by atoms with Gasteiger partial charge in [0.05, 0.1) is 24.5 Å². The first-order valence-electron chi connectivity index (χ1n) is 12.0. The van der Waals surface area contributed by atoms with E-state index >= 15 is 0 Å². The predicted molar refractivity (Wildman–Crippen MR) is 134 cm³/mol. The summed E-state index contributed by atoms with van der Waals surface area (Å²) >= 11 is 0. The molecule has 1 atom stereocenters. The highest BCUT2D eigenvalue weighted by Crippen LogP contribution is 2.39. The fourth-order valence-electron chi connectivity index (χ4n) is 4.27. The molecule has 0 radical (unpaired) electrons. The maximum Gasteiger partial charge on any atom is 0.295 e. The Labute approximate surface area is 205 Å². The standard InChI is InChI=1S/C28H31N3O4/c1-3-4-17-35-23-8-5-7-22(18-23)26(32)24-25(21-11-9-20(2)10-12-21)31(28(34)27(24)33)15-6-14-30-16-13-29-19-30/h5,7-13,16,18-19,25,32H,3-4,6,14-15,17H2,1-2H3/b26-24+. The van der Waals surface area contributed by atoms with Gasteiger partial charge in [0.1, 0.15) is 11.5 Å². The minimum atomic E-state index is -0.673. The van der Waals surface area contributed by atoms with Crippen LogP contribution in [0.4, 0.5) is 0 Å². The van der Waals surface area contributed by atoms with Gasteiger partial charge in [0.15, 0.2) is 0 Å². The van der Waals surface area contributed by atoms with Crippen molar-refractivity contribution in [2.24, 2.45) is 0 Å². The Balaban J connectivity index is 1.68. The highest BCUT2D eigenvalue weighted by Gasteiger charge is 2.45. The minimum absolute atomic E-state index is 0.104. The second kappa shape index (κ2) is 11.0. The molecule has 0 bridgehead atoms. The van der Waals surface area contributed by atoms with Crippen molar-refractivity contribution in [1.82, 2.24) is 14.5 Å². The van der Waals surface area contributed by atoms with Gasteiger partial charge in [0, 0.05) is 31.0 Å². The van der Waals surface area contributed by atoms with Crippen molar-refractivity contribution in [3.63, 3.8) is 0 Å². The first kappa shape index (κ1) is 24.3. The van der Waals surface area contributed by atoms with E-state index in [4.69, 9.17) is 4.74 Å². The molecular formula is C28H31N3O4. The highest BCUT2D eigenvalue weighted by molar-refractivity contribution is 6.46. The number of carbonyl (C=O) groups excluding carboxylic acids is 2. The Morgan fingerprint density at radius 3 is 2.60 bits per heavy atom. The lowest BCUT2D eigenvalue weighted by Crippen LogP contribution is -2.31. The highest BCUT2D eigenvalue weighted by atomic mass is 16.5. The number of likely N-dealkylation sites (tertiary alicyclic amines) is 1. The van der Waals surface area contributed by atoms with E-state index < -0.39 is 17.7 Å². The van der Waals surface area contributed by atoms with E-state index in [1.54, 1.807) is 35.6 Å². The molecule has 1 aromatic heterocycles. The van der Waals surface area contributed by atoms with Crippen LogP contribution in [0.25, 0.3) is 5.76 Å². The van der Waals surface area contributed by atoms with Crippen LogP contribution in [-0.4, -0.2) is 44.4 Å². The Morgan fingerprint density at radius 1 is 1.09 bits per heavy atom. The van der Waals surface area contributed by atoms with Crippen LogP contribution in [0.2, 0.25) is 0 Å². The second-order valence-electron chi connectivity index (χ2n) is 8.79. The van der Waals surface area contributed by atoms with Gasteiger partial charge in [-0.25, -0.2) is 4.98 Å². The van der Waals surface area contributed by atoms with Gasteiger partial charge in [-0.3, -0.25) is 9.59 Å². The molecule has 1 N–H and O–H groups in total. The number of aryl methyl sites for hydroxylation is 2. The number of benzene rings is 2. The fourth-order valence-corrected chi connectivity index (χ4v) is 4.27. The van der Waals surface area contributed by atoms with Gasteiger partial charge in [-0.1, -0.05) is 55.3 Å². The summed E-state index contributed by atoms with van der Waals surface area (Å²) in [5.41, 5.74) is 2.41. The SMILES string of the molecule is CCCCOc1cccc(/C(O)=C2\C(=O)C(=O)N(CCCn3ccnc3)C2c2ccc(C)cc2)c1. The van der Waals surface area contributed by atoms with Crippen molar-refractivity contribution < 1.29 is 19.4 Å².